The molecule has 2 heterocycles. The Bertz CT molecular complexity index is 453. The van der Waals surface area contributed by atoms with Gasteiger partial charge < -0.3 is 4.52 Å². The maximum atomic E-state index is 5.10. The Hall–Kier alpha value is 0.280. The van der Waals surface area contributed by atoms with Crippen molar-refractivity contribution in [2.24, 2.45) is 0 Å². The van der Waals surface area contributed by atoms with Crippen molar-refractivity contribution in [2.45, 2.75) is 5.33 Å². The summed E-state index contributed by atoms with van der Waals surface area (Å²) >= 11 is 11.7. The second-order valence-electron chi connectivity index (χ2n) is 2.39. The molecule has 0 unspecified atom stereocenters. The van der Waals surface area contributed by atoms with Crippen LogP contribution in [0.3, 0.4) is 0 Å². The number of rotatable bonds is 2. The number of hydrogen-bond donors (Lipinski definition) is 0. The predicted octanol–water partition coefficient (Wildman–Crippen LogP) is 4.22. The van der Waals surface area contributed by atoms with Gasteiger partial charge in [-0.3, -0.25) is 0 Å². The summed E-state index contributed by atoms with van der Waals surface area (Å²) in [5.41, 5.74) is 0.918. The van der Waals surface area contributed by atoms with Crippen molar-refractivity contribution >= 4 is 59.1 Å². The van der Waals surface area contributed by atoms with Gasteiger partial charge in [-0.05, 0) is 37.9 Å². The molecular formula is C7H3Br3N2OS. The van der Waals surface area contributed by atoms with Crippen molar-refractivity contribution in [3.8, 4) is 11.5 Å². The van der Waals surface area contributed by atoms with Gasteiger partial charge in [-0.1, -0.05) is 21.1 Å². The van der Waals surface area contributed by atoms with Crippen LogP contribution in [0.1, 0.15) is 5.82 Å². The van der Waals surface area contributed by atoms with Crippen LogP contribution in [0, 0.1) is 0 Å². The number of aromatic nitrogens is 2. The maximum absolute atomic E-state index is 5.10. The summed E-state index contributed by atoms with van der Waals surface area (Å²) in [4.78, 5) is 4.20. The molecule has 0 fully saturated rings. The van der Waals surface area contributed by atoms with E-state index in [4.69, 9.17) is 4.52 Å². The van der Waals surface area contributed by atoms with E-state index in [2.05, 4.69) is 57.9 Å². The van der Waals surface area contributed by atoms with Crippen LogP contribution in [0.15, 0.2) is 18.2 Å². The van der Waals surface area contributed by atoms with Crippen LogP contribution >= 0.6 is 59.1 Å². The van der Waals surface area contributed by atoms with E-state index in [1.165, 1.54) is 0 Å². The Morgan fingerprint density at radius 2 is 2.21 bits per heavy atom. The van der Waals surface area contributed by atoms with Gasteiger partial charge in [0.05, 0.1) is 18.5 Å². The molecule has 7 heteroatoms. The van der Waals surface area contributed by atoms with Gasteiger partial charge in [-0.2, -0.15) is 4.98 Å². The van der Waals surface area contributed by atoms with E-state index in [0.29, 0.717) is 17.0 Å². The van der Waals surface area contributed by atoms with Crippen molar-refractivity contribution in [1.82, 2.24) is 10.1 Å². The van der Waals surface area contributed by atoms with Crippen LogP contribution in [-0.2, 0) is 5.33 Å². The minimum atomic E-state index is 0.535. The van der Waals surface area contributed by atoms with E-state index in [1.807, 2.05) is 6.07 Å². The van der Waals surface area contributed by atoms with Gasteiger partial charge in [0.25, 0.3) is 5.89 Å². The van der Waals surface area contributed by atoms with Gasteiger partial charge in [0.1, 0.15) is 0 Å². The normalized spacial score (nSPS) is 10.8. The Balaban J connectivity index is 2.43. The SMILES string of the molecule is BrCc1noc(-c2cc(Br)sc2Br)n1. The second-order valence-corrected chi connectivity index (χ2v) is 6.70. The average Bonchev–Trinajstić information content (AvgIpc) is 2.71. The summed E-state index contributed by atoms with van der Waals surface area (Å²) in [6, 6.07) is 1.94. The van der Waals surface area contributed by atoms with Crippen molar-refractivity contribution < 1.29 is 4.52 Å². The lowest BCUT2D eigenvalue weighted by Crippen LogP contribution is -1.79. The summed E-state index contributed by atoms with van der Waals surface area (Å²) in [5.74, 6) is 1.18. The van der Waals surface area contributed by atoms with Crippen LogP contribution in [0.25, 0.3) is 11.5 Å². The largest absolute Gasteiger partial charge is 0.334 e. The topological polar surface area (TPSA) is 38.9 Å². The zero-order valence-electron chi connectivity index (χ0n) is 6.63. The molecule has 0 spiro atoms. The number of alkyl halides is 1. The minimum Gasteiger partial charge on any atom is -0.334 e. The third-order valence-corrected chi connectivity index (χ3v) is 4.32. The van der Waals surface area contributed by atoms with E-state index >= 15 is 0 Å². The van der Waals surface area contributed by atoms with Crippen LogP contribution < -0.4 is 0 Å². The number of halogens is 3. The van der Waals surface area contributed by atoms with Crippen molar-refractivity contribution in [3.05, 3.63) is 19.5 Å². The summed E-state index contributed by atoms with van der Waals surface area (Å²) in [6.07, 6.45) is 0. The van der Waals surface area contributed by atoms with E-state index in [9.17, 15) is 0 Å². The second kappa shape index (κ2) is 4.42. The molecule has 3 nitrogen and oxygen atoms in total. The molecule has 0 aliphatic carbocycles. The number of thiophene rings is 1. The molecule has 0 saturated heterocycles. The minimum absolute atomic E-state index is 0.535. The monoisotopic (exact) mass is 400 g/mol. The van der Waals surface area contributed by atoms with Gasteiger partial charge in [0.15, 0.2) is 5.82 Å². The summed E-state index contributed by atoms with van der Waals surface area (Å²) < 4.78 is 7.11. The van der Waals surface area contributed by atoms with Crippen molar-refractivity contribution in [3.63, 3.8) is 0 Å². The first-order valence-corrected chi connectivity index (χ1v) is 7.07. The average molecular weight is 403 g/mol. The Morgan fingerprint density at radius 1 is 1.43 bits per heavy atom. The molecule has 0 aliphatic heterocycles. The highest BCUT2D eigenvalue weighted by molar-refractivity contribution is 9.12. The molecule has 0 saturated carbocycles. The zero-order valence-corrected chi connectivity index (χ0v) is 12.2. The van der Waals surface area contributed by atoms with E-state index in [1.54, 1.807) is 11.3 Å². The number of hydrogen-bond acceptors (Lipinski definition) is 4. The van der Waals surface area contributed by atoms with Crippen LogP contribution in [0.2, 0.25) is 0 Å². The summed E-state index contributed by atoms with van der Waals surface area (Å²) in [7, 11) is 0. The van der Waals surface area contributed by atoms with E-state index in [0.717, 1.165) is 13.1 Å². The molecule has 0 radical (unpaired) electrons. The van der Waals surface area contributed by atoms with Gasteiger partial charge in [0.2, 0.25) is 0 Å². The lowest BCUT2D eigenvalue weighted by molar-refractivity contribution is 0.425. The van der Waals surface area contributed by atoms with E-state index < -0.39 is 0 Å². The lowest BCUT2D eigenvalue weighted by Gasteiger charge is -1.86. The molecule has 0 aromatic carbocycles. The van der Waals surface area contributed by atoms with Crippen LogP contribution in [0.5, 0.6) is 0 Å². The van der Waals surface area contributed by atoms with Gasteiger partial charge in [-0.15, -0.1) is 11.3 Å². The van der Waals surface area contributed by atoms with Gasteiger partial charge in [0, 0.05) is 0 Å². The summed E-state index contributed by atoms with van der Waals surface area (Å²) in [5, 5.41) is 4.39. The Morgan fingerprint density at radius 3 is 2.71 bits per heavy atom. The van der Waals surface area contributed by atoms with Gasteiger partial charge in [-0.25, -0.2) is 0 Å². The smallest absolute Gasteiger partial charge is 0.260 e. The fourth-order valence-electron chi connectivity index (χ4n) is 0.904. The highest BCUT2D eigenvalue weighted by Gasteiger charge is 2.14. The highest BCUT2D eigenvalue weighted by Crippen LogP contribution is 2.37. The Labute approximate surface area is 109 Å². The number of nitrogens with zero attached hydrogens (tertiary/aromatic N) is 2. The molecule has 0 aliphatic rings. The molecule has 2 aromatic heterocycles. The molecule has 0 N–H and O–H groups in total. The molecule has 14 heavy (non-hydrogen) atoms. The van der Waals surface area contributed by atoms with Crippen molar-refractivity contribution in [2.75, 3.05) is 0 Å². The first-order chi connectivity index (χ1) is 6.70. The fraction of sp³-hybridized carbons (Fsp3) is 0.143. The summed E-state index contributed by atoms with van der Waals surface area (Å²) in [6.45, 7) is 0. The van der Waals surface area contributed by atoms with E-state index in [-0.39, 0.29) is 0 Å². The zero-order chi connectivity index (χ0) is 10.1. The first-order valence-electron chi connectivity index (χ1n) is 3.54. The third kappa shape index (κ3) is 2.10. The van der Waals surface area contributed by atoms with Crippen LogP contribution in [-0.4, -0.2) is 10.1 Å². The predicted molar refractivity (Wildman–Crippen MR) is 65.6 cm³/mol. The van der Waals surface area contributed by atoms with Crippen molar-refractivity contribution in [1.29, 1.82) is 0 Å². The third-order valence-electron chi connectivity index (χ3n) is 1.47. The maximum Gasteiger partial charge on any atom is 0.260 e. The van der Waals surface area contributed by atoms with Gasteiger partial charge >= 0.3 is 0 Å². The molecule has 2 aromatic rings. The highest BCUT2D eigenvalue weighted by atomic mass is 79.9. The molecule has 0 atom stereocenters. The lowest BCUT2D eigenvalue weighted by atomic mass is 10.3. The molecule has 2 rings (SSSR count). The van der Waals surface area contributed by atoms with Crippen LogP contribution in [0.4, 0.5) is 0 Å². The first kappa shape index (κ1) is 10.8. The molecule has 74 valence electrons. The molecule has 0 amide bonds. The standard InChI is InChI=1S/C7H3Br3N2OS/c8-2-5-11-7(13-12-5)3-1-4(9)14-6(3)10/h1H,2H2. The molecular weight excluding hydrogens is 400 g/mol. The molecule has 0 bridgehead atoms. The Kier molecular flexibility index (Phi) is 3.41. The quantitative estimate of drug-likeness (QED) is 0.706. The fourth-order valence-corrected chi connectivity index (χ4v) is 3.91.